The number of allylic oxidation sites excluding steroid dienone is 10. The van der Waals surface area contributed by atoms with Crippen molar-refractivity contribution in [3.05, 3.63) is 60.8 Å². The van der Waals surface area contributed by atoms with E-state index in [1.165, 1.54) is 6.42 Å². The van der Waals surface area contributed by atoms with Gasteiger partial charge in [0, 0.05) is 12.8 Å². The Labute approximate surface area is 337 Å². The Bertz CT molecular complexity index is 1230. The number of unbranched alkanes of at least 4 members (excludes halogenated alkanes) is 7. The number of esters is 2. The van der Waals surface area contributed by atoms with Crippen molar-refractivity contribution >= 4 is 11.9 Å². The van der Waals surface area contributed by atoms with Crippen LogP contribution in [-0.2, 0) is 38.0 Å². The topological polar surface area (TPSA) is 231 Å². The van der Waals surface area contributed by atoms with Crippen LogP contribution in [0, 0.1) is 0 Å². The maximum Gasteiger partial charge on any atom is 0.306 e. The zero-order chi connectivity index (χ0) is 41.8. The fourth-order valence-electron chi connectivity index (χ4n) is 5.89. The summed E-state index contributed by atoms with van der Waals surface area (Å²) in [5.41, 5.74) is 0. The maximum atomic E-state index is 12.8. The quantitative estimate of drug-likeness (QED) is 0.0261. The second-order valence-electron chi connectivity index (χ2n) is 14.2. The van der Waals surface area contributed by atoms with Gasteiger partial charge in [0.05, 0.1) is 19.8 Å². The molecule has 2 heterocycles. The Kier molecular flexibility index (Phi) is 26.7. The fourth-order valence-corrected chi connectivity index (χ4v) is 5.89. The SMILES string of the molecule is CC/C=C/C=C/C=C/C=C/CCCCCC(=O)OC(COC(=O)CC/C=C/CCCCCC)CO[C@@H]1O[C@H](CO[C@@H]2O[C@H](CO)[C@H](O)C(O)C2O)[C@H](O)C(O)C1O. The monoisotopic (exact) mass is 812 g/mol. The van der Waals surface area contributed by atoms with Gasteiger partial charge >= 0.3 is 11.9 Å². The van der Waals surface area contributed by atoms with E-state index >= 15 is 0 Å². The van der Waals surface area contributed by atoms with Crippen LogP contribution in [0.1, 0.15) is 97.3 Å². The van der Waals surface area contributed by atoms with E-state index in [1.54, 1.807) is 0 Å². The number of ether oxygens (including phenoxy) is 6. The summed E-state index contributed by atoms with van der Waals surface area (Å²) in [6.07, 6.45) is 13.2. The summed E-state index contributed by atoms with van der Waals surface area (Å²) in [7, 11) is 0. The molecule has 0 aromatic rings. The summed E-state index contributed by atoms with van der Waals surface area (Å²) in [5.74, 6) is -1.05. The van der Waals surface area contributed by atoms with E-state index < -0.39 is 99.3 Å². The lowest BCUT2D eigenvalue weighted by Crippen LogP contribution is -2.61. The summed E-state index contributed by atoms with van der Waals surface area (Å²) < 4.78 is 33.2. The molecule has 2 rings (SSSR count). The van der Waals surface area contributed by atoms with E-state index in [0.717, 1.165) is 51.4 Å². The largest absolute Gasteiger partial charge is 0.462 e. The molecule has 7 N–H and O–H groups in total. The molecule has 15 nitrogen and oxygen atoms in total. The Morgan fingerprint density at radius 2 is 1.16 bits per heavy atom. The number of aliphatic hydroxyl groups excluding tert-OH is 7. The van der Waals surface area contributed by atoms with Gasteiger partial charge in [-0.05, 0) is 44.9 Å². The molecule has 0 bridgehead atoms. The van der Waals surface area contributed by atoms with Gasteiger partial charge in [-0.2, -0.15) is 0 Å². The molecule has 326 valence electrons. The zero-order valence-corrected chi connectivity index (χ0v) is 33.5. The summed E-state index contributed by atoms with van der Waals surface area (Å²) in [5, 5.41) is 71.6. The summed E-state index contributed by atoms with van der Waals surface area (Å²) in [6.45, 7) is 2.25. The van der Waals surface area contributed by atoms with Crippen LogP contribution in [0.25, 0.3) is 0 Å². The number of carbonyl (C=O) groups excluding carboxylic acids is 2. The first-order chi connectivity index (χ1) is 27.5. The molecule has 0 amide bonds. The van der Waals surface area contributed by atoms with Crippen molar-refractivity contribution in [1.29, 1.82) is 0 Å². The van der Waals surface area contributed by atoms with E-state index in [0.29, 0.717) is 12.8 Å². The molecule has 11 atom stereocenters. The van der Waals surface area contributed by atoms with Gasteiger partial charge in [0.15, 0.2) is 18.7 Å². The lowest BCUT2D eigenvalue weighted by Gasteiger charge is -2.42. The summed E-state index contributed by atoms with van der Waals surface area (Å²) in [4.78, 5) is 25.4. The van der Waals surface area contributed by atoms with Crippen LogP contribution < -0.4 is 0 Å². The van der Waals surface area contributed by atoms with Crippen molar-refractivity contribution < 1.29 is 73.8 Å². The predicted molar refractivity (Wildman–Crippen MR) is 210 cm³/mol. The van der Waals surface area contributed by atoms with Crippen molar-refractivity contribution in [2.24, 2.45) is 0 Å². The van der Waals surface area contributed by atoms with Crippen LogP contribution in [0.4, 0.5) is 0 Å². The normalized spacial score (nSPS) is 29.0. The number of hydrogen-bond donors (Lipinski definition) is 7. The first-order valence-electron chi connectivity index (χ1n) is 20.4. The standard InChI is InChI=1S/C42H68O15/c1-3-5-7-9-11-13-14-15-16-17-19-21-23-25-34(45)55-30(27-52-33(44)24-22-20-18-12-10-8-6-4-2)28-53-41-40(51)38(49)36(47)32(57-41)29-54-42-39(50)37(48)35(46)31(26-43)56-42/h5,7,9,11,13-16,18,20,30-32,35-43,46-51H,3-4,6,8,10,12,17,19,21-29H2,1-2H3/b7-5+,11-9+,14-13+,16-15+,20-18+/t30?,31-,32-,35+,36+,37?,38?,39?,40?,41-,42-/m1/s1. The molecule has 2 aliphatic rings. The number of hydrogen-bond acceptors (Lipinski definition) is 15. The molecule has 2 aliphatic heterocycles. The highest BCUT2D eigenvalue weighted by Gasteiger charge is 2.47. The Morgan fingerprint density at radius 1 is 0.579 bits per heavy atom. The minimum Gasteiger partial charge on any atom is -0.462 e. The van der Waals surface area contributed by atoms with Gasteiger partial charge < -0.3 is 64.2 Å². The number of carbonyl (C=O) groups is 2. The molecule has 0 saturated carbocycles. The van der Waals surface area contributed by atoms with Gasteiger partial charge in [0.1, 0.15) is 55.4 Å². The van der Waals surface area contributed by atoms with Gasteiger partial charge in [0.2, 0.25) is 0 Å². The first-order valence-corrected chi connectivity index (χ1v) is 20.4. The summed E-state index contributed by atoms with van der Waals surface area (Å²) >= 11 is 0. The lowest BCUT2D eigenvalue weighted by molar-refractivity contribution is -0.332. The Morgan fingerprint density at radius 3 is 1.82 bits per heavy atom. The minimum atomic E-state index is -1.78. The molecule has 5 unspecified atom stereocenters. The molecule has 0 spiro atoms. The first kappa shape index (κ1) is 50.3. The van der Waals surface area contributed by atoms with E-state index in [-0.39, 0.29) is 19.4 Å². The third kappa shape index (κ3) is 20.1. The molecule has 15 heteroatoms. The summed E-state index contributed by atoms with van der Waals surface area (Å²) in [6, 6.07) is 0. The van der Waals surface area contributed by atoms with Crippen LogP contribution in [0.2, 0.25) is 0 Å². The molecular formula is C42H68O15. The maximum absolute atomic E-state index is 12.8. The fraction of sp³-hybridized carbons (Fsp3) is 0.714. The van der Waals surface area contributed by atoms with Crippen LogP contribution in [0.5, 0.6) is 0 Å². The van der Waals surface area contributed by atoms with Gasteiger partial charge in [-0.25, -0.2) is 0 Å². The van der Waals surface area contributed by atoms with Crippen molar-refractivity contribution in [3.63, 3.8) is 0 Å². The number of rotatable bonds is 28. The van der Waals surface area contributed by atoms with Crippen LogP contribution in [0.15, 0.2) is 60.8 Å². The number of aliphatic hydroxyl groups is 7. The molecule has 57 heavy (non-hydrogen) atoms. The van der Waals surface area contributed by atoms with Gasteiger partial charge in [-0.1, -0.05) is 100 Å². The molecule has 2 saturated heterocycles. The highest BCUT2D eigenvalue weighted by atomic mass is 16.7. The van der Waals surface area contributed by atoms with Gasteiger partial charge in [0.25, 0.3) is 0 Å². The zero-order valence-electron chi connectivity index (χ0n) is 33.5. The second kappa shape index (κ2) is 30.3. The van der Waals surface area contributed by atoms with E-state index in [4.69, 9.17) is 28.4 Å². The second-order valence-corrected chi connectivity index (χ2v) is 14.2. The highest BCUT2D eigenvalue weighted by Crippen LogP contribution is 2.26. The van der Waals surface area contributed by atoms with Crippen LogP contribution in [0.3, 0.4) is 0 Å². The van der Waals surface area contributed by atoms with E-state index in [2.05, 4.69) is 26.0 Å². The Hall–Kier alpha value is -2.80. The molecule has 0 aromatic carbocycles. The third-order valence-electron chi connectivity index (χ3n) is 9.34. The van der Waals surface area contributed by atoms with Crippen molar-refractivity contribution in [2.75, 3.05) is 26.4 Å². The van der Waals surface area contributed by atoms with Crippen molar-refractivity contribution in [1.82, 2.24) is 0 Å². The van der Waals surface area contributed by atoms with Crippen molar-refractivity contribution in [3.8, 4) is 0 Å². The van der Waals surface area contributed by atoms with Gasteiger partial charge in [-0.15, -0.1) is 0 Å². The third-order valence-corrected chi connectivity index (χ3v) is 9.34. The predicted octanol–water partition coefficient (Wildman–Crippen LogP) is 2.97. The van der Waals surface area contributed by atoms with Crippen molar-refractivity contribution in [2.45, 2.75) is 165 Å². The van der Waals surface area contributed by atoms with E-state index in [9.17, 15) is 45.3 Å². The molecule has 0 aliphatic carbocycles. The average molecular weight is 813 g/mol. The lowest BCUT2D eigenvalue weighted by atomic mass is 9.98. The molecule has 2 fully saturated rings. The van der Waals surface area contributed by atoms with Crippen LogP contribution >= 0.6 is 0 Å². The Balaban J connectivity index is 1.93. The smallest absolute Gasteiger partial charge is 0.306 e. The minimum absolute atomic E-state index is 0.109. The van der Waals surface area contributed by atoms with Gasteiger partial charge in [-0.3, -0.25) is 9.59 Å². The van der Waals surface area contributed by atoms with E-state index in [1.807, 2.05) is 48.6 Å². The molecular weight excluding hydrogens is 744 g/mol. The molecule has 0 radical (unpaired) electrons. The average Bonchev–Trinajstić information content (AvgIpc) is 3.20. The highest BCUT2D eigenvalue weighted by molar-refractivity contribution is 5.70. The molecule has 0 aromatic heterocycles. The van der Waals surface area contributed by atoms with Crippen LogP contribution in [-0.4, -0.2) is 142 Å².